The number of para-hydroxylation sites is 1. The monoisotopic (exact) mass is 1040 g/mol. The summed E-state index contributed by atoms with van der Waals surface area (Å²) in [6.07, 6.45) is -7.22. The molecule has 7 rings (SSSR count). The van der Waals surface area contributed by atoms with Crippen LogP contribution in [0.5, 0.6) is 0 Å². The van der Waals surface area contributed by atoms with E-state index >= 15 is 35.1 Å². The maximum Gasteiger partial charge on any atom is 0.404 e. The van der Waals surface area contributed by atoms with Crippen LogP contribution in [0.3, 0.4) is 0 Å². The average Bonchev–Trinajstić information content (AvgIpc) is 3.32. The van der Waals surface area contributed by atoms with Gasteiger partial charge in [-0.15, -0.1) is 21.9 Å². The summed E-state index contributed by atoms with van der Waals surface area (Å²) in [6, 6.07) is 21.9. The number of nitrogens with zero attached hydrogens (tertiary/aromatic N) is 1. The first-order chi connectivity index (χ1) is 31.5. The molecule has 7 aromatic rings. The Labute approximate surface area is 368 Å². The molecule has 0 saturated carbocycles. The highest BCUT2D eigenvalue weighted by atomic mass is 79.9. The minimum Gasteiger partial charge on any atom is -0.446 e. The molecular formula is C42H15BBrF20NO2. The van der Waals surface area contributed by atoms with Crippen molar-refractivity contribution in [2.75, 3.05) is 5.52 Å². The quantitative estimate of drug-likeness (QED) is 0.0289. The van der Waals surface area contributed by atoms with Crippen LogP contribution >= 0.6 is 15.9 Å². The number of pyridine rings is 1. The molecule has 0 aliphatic heterocycles. The van der Waals surface area contributed by atoms with Crippen LogP contribution in [0.2, 0.25) is 0 Å². The lowest BCUT2D eigenvalue weighted by Crippen LogP contribution is -2.81. The van der Waals surface area contributed by atoms with Gasteiger partial charge in [-0.05, 0) is 28.1 Å². The summed E-state index contributed by atoms with van der Waals surface area (Å²) in [5, 5.41) is 1.09. The molecule has 350 valence electrons. The number of benzene rings is 6. The van der Waals surface area contributed by atoms with Crippen LogP contribution in [0.15, 0.2) is 66.7 Å². The number of alkyl halides is 1. The lowest BCUT2D eigenvalue weighted by molar-refractivity contribution is -0.665. The number of hydrogen-bond acceptors (Lipinski definition) is 2. The maximum absolute atomic E-state index is 15.4. The van der Waals surface area contributed by atoms with E-state index in [1.54, 1.807) is 0 Å². The van der Waals surface area contributed by atoms with Crippen LogP contribution in [-0.4, -0.2) is 17.6 Å². The molecule has 0 saturated heterocycles. The van der Waals surface area contributed by atoms with E-state index in [9.17, 15) is 57.5 Å². The van der Waals surface area contributed by atoms with E-state index in [1.165, 1.54) is 0 Å². The molecule has 0 atom stereocenters. The van der Waals surface area contributed by atoms with Crippen LogP contribution in [0.25, 0.3) is 10.9 Å². The minimum absolute atomic E-state index is 0.185. The van der Waals surface area contributed by atoms with Crippen molar-refractivity contribution in [1.82, 2.24) is 0 Å². The predicted molar refractivity (Wildman–Crippen MR) is 198 cm³/mol. The fourth-order valence-electron chi connectivity index (χ4n) is 7.38. The third kappa shape index (κ3) is 7.98. The second kappa shape index (κ2) is 18.9. The zero-order valence-electron chi connectivity index (χ0n) is 32.0. The molecule has 0 bridgehead atoms. The number of esters is 1. The van der Waals surface area contributed by atoms with Gasteiger partial charge in [0.15, 0.2) is 76.4 Å². The van der Waals surface area contributed by atoms with E-state index in [4.69, 9.17) is 4.74 Å². The highest BCUT2D eigenvalue weighted by Gasteiger charge is 2.52. The molecule has 0 fully saturated rings. The van der Waals surface area contributed by atoms with Gasteiger partial charge < -0.3 is 4.74 Å². The summed E-state index contributed by atoms with van der Waals surface area (Å²) in [5.41, 5.74) is -11.5. The van der Waals surface area contributed by atoms with E-state index in [2.05, 4.69) is 15.9 Å². The van der Waals surface area contributed by atoms with Gasteiger partial charge in [0.25, 0.3) is 5.69 Å². The standard InChI is InChI=1S/C24BF20.C18H15BrNO2/c26-5-1(6(27)14(35)21(42)13(5)34)25(2-7(28)15(36)22(43)16(37)8(2)29,3-9(30)17(38)23(44)18(39)10(3)31)4-11(32)19(40)24(45)20(41)12(4)33;19-13-22-18(21)17-11-10-15-8-4-5-9-16(15)20(17)12-14-6-2-1-3-7-14/h;1-11H,12-13H2/q-1;+1. The van der Waals surface area contributed by atoms with Gasteiger partial charge in [0.1, 0.15) is 58.2 Å². The Morgan fingerprint density at radius 1 is 0.403 bits per heavy atom. The van der Waals surface area contributed by atoms with E-state index in [1.807, 2.05) is 71.3 Å². The predicted octanol–water partition coefficient (Wildman–Crippen LogP) is 9.53. The number of halogens is 21. The molecule has 3 nitrogen and oxygen atoms in total. The Morgan fingerprint density at radius 2 is 0.701 bits per heavy atom. The molecule has 67 heavy (non-hydrogen) atoms. The first kappa shape index (κ1) is 49.8. The lowest BCUT2D eigenvalue weighted by Gasteiger charge is -2.44. The number of fused-ring (bicyclic) bond motifs is 1. The van der Waals surface area contributed by atoms with Crippen LogP contribution in [0, 0.1) is 116 Å². The summed E-state index contributed by atoms with van der Waals surface area (Å²) >= 11 is 3.14. The summed E-state index contributed by atoms with van der Waals surface area (Å²) in [6.45, 7) is 0.620. The molecule has 0 N–H and O–H groups in total. The summed E-state index contributed by atoms with van der Waals surface area (Å²) < 4.78 is 301. The average molecular weight is 1040 g/mol. The zero-order chi connectivity index (χ0) is 49.7. The van der Waals surface area contributed by atoms with E-state index < -0.39 is 144 Å². The van der Waals surface area contributed by atoms with Gasteiger partial charge in [-0.25, -0.2) is 92.6 Å². The highest BCUT2D eigenvalue weighted by molar-refractivity contribution is 9.09. The number of ether oxygens (including phenoxy) is 1. The third-order valence-electron chi connectivity index (χ3n) is 10.2. The summed E-state index contributed by atoms with van der Waals surface area (Å²) in [7, 11) is 0. The molecule has 0 spiro atoms. The van der Waals surface area contributed by atoms with E-state index in [-0.39, 0.29) is 11.5 Å². The number of aromatic nitrogens is 1. The molecular weight excluding hydrogens is 1020 g/mol. The number of hydrogen-bond donors (Lipinski definition) is 0. The summed E-state index contributed by atoms with van der Waals surface area (Å²) in [4.78, 5) is 12.2. The molecule has 0 aliphatic carbocycles. The third-order valence-corrected chi connectivity index (χ3v) is 10.5. The number of rotatable bonds is 8. The largest absolute Gasteiger partial charge is 0.446 e. The van der Waals surface area contributed by atoms with E-state index in [0.717, 1.165) is 16.5 Å². The van der Waals surface area contributed by atoms with Crippen molar-refractivity contribution in [3.05, 3.63) is 194 Å². The van der Waals surface area contributed by atoms with Crippen LogP contribution in [-0.2, 0) is 11.3 Å². The first-order valence-corrected chi connectivity index (χ1v) is 19.0. The fraction of sp³-hybridized carbons (Fsp3) is 0.0476. The van der Waals surface area contributed by atoms with Crippen molar-refractivity contribution in [3.63, 3.8) is 0 Å². The Morgan fingerprint density at radius 3 is 1.03 bits per heavy atom. The first-order valence-electron chi connectivity index (χ1n) is 17.9. The molecule has 25 heteroatoms. The number of carbonyl (C=O) groups excluding carboxylic acids is 1. The van der Waals surface area contributed by atoms with Gasteiger partial charge >= 0.3 is 5.97 Å². The second-order valence-electron chi connectivity index (χ2n) is 13.7. The van der Waals surface area contributed by atoms with Gasteiger partial charge in [0.05, 0.1) is 0 Å². The summed E-state index contributed by atoms with van der Waals surface area (Å²) in [5.74, 6) is -71.7. The van der Waals surface area contributed by atoms with Crippen molar-refractivity contribution >= 4 is 60.8 Å². The normalized spacial score (nSPS) is 11.5. The topological polar surface area (TPSA) is 30.2 Å². The lowest BCUT2D eigenvalue weighted by atomic mass is 9.12. The number of carbonyl (C=O) groups is 1. The highest BCUT2D eigenvalue weighted by Crippen LogP contribution is 2.31. The Balaban J connectivity index is 0.000000279. The Hall–Kier alpha value is -6.66. The molecule has 0 unspecified atom stereocenters. The van der Waals surface area contributed by atoms with Gasteiger partial charge in [-0.3, -0.25) is 0 Å². The Kier molecular flexibility index (Phi) is 14.1. The zero-order valence-corrected chi connectivity index (χ0v) is 33.6. The second-order valence-corrected chi connectivity index (χ2v) is 14.1. The van der Waals surface area contributed by atoms with Gasteiger partial charge in [-0.2, -0.15) is 4.57 Å². The van der Waals surface area contributed by atoms with Gasteiger partial charge in [0.2, 0.25) is 5.52 Å². The maximum atomic E-state index is 15.4. The van der Waals surface area contributed by atoms with Crippen molar-refractivity contribution in [2.45, 2.75) is 6.54 Å². The van der Waals surface area contributed by atoms with Crippen LogP contribution in [0.1, 0.15) is 16.1 Å². The van der Waals surface area contributed by atoms with Crippen molar-refractivity contribution in [3.8, 4) is 0 Å². The van der Waals surface area contributed by atoms with Crippen molar-refractivity contribution in [1.29, 1.82) is 0 Å². The van der Waals surface area contributed by atoms with Crippen LogP contribution < -0.4 is 26.4 Å². The molecule has 0 amide bonds. The molecule has 1 heterocycles. The molecule has 0 aliphatic rings. The smallest absolute Gasteiger partial charge is 0.404 e. The van der Waals surface area contributed by atoms with Crippen LogP contribution in [0.4, 0.5) is 87.8 Å². The molecule has 0 radical (unpaired) electrons. The SMILES string of the molecule is Fc1c(F)c(F)c([B-](c2c(F)c(F)c(F)c(F)c2F)(c2c(F)c(F)c(F)c(F)c2F)c2c(F)c(F)c(F)c(F)c2F)c(F)c1F.O=C(OCBr)c1ccc2ccccc2[n+]1Cc1ccccc1. The minimum atomic E-state index is -7.22. The van der Waals surface area contributed by atoms with E-state index in [0.29, 0.717) is 12.2 Å². The molecule has 6 aromatic carbocycles. The fourth-order valence-corrected chi connectivity index (χ4v) is 7.58. The van der Waals surface area contributed by atoms with Gasteiger partial charge in [0, 0.05) is 23.1 Å². The Bertz CT molecular complexity index is 2780. The van der Waals surface area contributed by atoms with Gasteiger partial charge in [-0.1, -0.05) is 42.5 Å². The van der Waals surface area contributed by atoms with Crippen molar-refractivity contribution in [2.24, 2.45) is 0 Å². The molecule has 1 aromatic heterocycles. The van der Waals surface area contributed by atoms with Crippen molar-refractivity contribution < 1.29 is 102 Å².